The quantitative estimate of drug-likeness (QED) is 0.595. The van der Waals surface area contributed by atoms with Crippen LogP contribution in [0.1, 0.15) is 19.8 Å². The number of hydrogen-bond donors (Lipinski definition) is 2. The van der Waals surface area contributed by atoms with Gasteiger partial charge < -0.3 is 11.5 Å². The molecule has 0 spiro atoms. The van der Waals surface area contributed by atoms with Crippen LogP contribution in [0.2, 0.25) is 0 Å². The highest BCUT2D eigenvalue weighted by Crippen LogP contribution is 2.03. The first-order valence-corrected chi connectivity index (χ1v) is 2.97. The van der Waals surface area contributed by atoms with E-state index in [0.29, 0.717) is 0 Å². The van der Waals surface area contributed by atoms with Crippen LogP contribution < -0.4 is 11.5 Å². The molecule has 0 unspecified atom stereocenters. The summed E-state index contributed by atoms with van der Waals surface area (Å²) in [6.45, 7) is 5.55. The lowest BCUT2D eigenvalue weighted by molar-refractivity contribution is 0.911. The molecule has 0 saturated carbocycles. The second-order valence-corrected chi connectivity index (χ2v) is 2.17. The van der Waals surface area contributed by atoms with Gasteiger partial charge >= 0.3 is 0 Å². The number of allylic oxidation sites excluding steroid dienone is 2. The van der Waals surface area contributed by atoms with Crippen LogP contribution in [0.4, 0.5) is 0 Å². The molecule has 0 aliphatic rings. The fraction of sp³-hybridized carbons (Fsp3) is 0.429. The molecule has 0 aromatic rings. The smallest absolute Gasteiger partial charge is 0.00107 e. The van der Waals surface area contributed by atoms with Crippen molar-refractivity contribution in [2.75, 3.05) is 0 Å². The summed E-state index contributed by atoms with van der Waals surface area (Å²) < 4.78 is 0. The van der Waals surface area contributed by atoms with Gasteiger partial charge in [-0.15, -0.1) is 0 Å². The molecule has 0 fully saturated rings. The Morgan fingerprint density at radius 2 is 2.11 bits per heavy atom. The first-order valence-electron chi connectivity index (χ1n) is 2.97. The molecule has 52 valence electrons. The van der Waals surface area contributed by atoms with Crippen LogP contribution in [0.5, 0.6) is 0 Å². The minimum Gasteiger partial charge on any atom is -0.405 e. The Labute approximate surface area is 56.2 Å². The van der Waals surface area contributed by atoms with Crippen molar-refractivity contribution in [3.05, 3.63) is 24.0 Å². The first-order chi connectivity index (χ1) is 4.16. The fourth-order valence-corrected chi connectivity index (χ4v) is 0.441. The lowest BCUT2D eigenvalue weighted by Crippen LogP contribution is -1.95. The minimum atomic E-state index is 0.719. The van der Waals surface area contributed by atoms with Crippen molar-refractivity contribution in [1.82, 2.24) is 0 Å². The van der Waals surface area contributed by atoms with Crippen LogP contribution in [0.3, 0.4) is 0 Å². The summed E-state index contributed by atoms with van der Waals surface area (Å²) >= 11 is 0. The van der Waals surface area contributed by atoms with Gasteiger partial charge in [-0.05, 0) is 26.0 Å². The average molecular weight is 126 g/mol. The van der Waals surface area contributed by atoms with E-state index >= 15 is 0 Å². The molecule has 0 atom stereocenters. The van der Waals surface area contributed by atoms with Crippen molar-refractivity contribution < 1.29 is 0 Å². The van der Waals surface area contributed by atoms with Gasteiger partial charge in [0.15, 0.2) is 0 Å². The summed E-state index contributed by atoms with van der Waals surface area (Å²) in [7, 11) is 0. The number of rotatable bonds is 3. The van der Waals surface area contributed by atoms with Gasteiger partial charge in [0.2, 0.25) is 0 Å². The molecule has 0 aromatic carbocycles. The lowest BCUT2D eigenvalue weighted by atomic mass is 10.1. The highest BCUT2D eigenvalue weighted by Gasteiger charge is 1.88. The van der Waals surface area contributed by atoms with E-state index in [1.807, 2.05) is 6.92 Å². The Kier molecular flexibility index (Phi) is 3.60. The van der Waals surface area contributed by atoms with Crippen molar-refractivity contribution in [2.45, 2.75) is 19.8 Å². The summed E-state index contributed by atoms with van der Waals surface area (Å²) in [6.07, 6.45) is 3.36. The Morgan fingerprint density at radius 3 is 2.44 bits per heavy atom. The van der Waals surface area contributed by atoms with Gasteiger partial charge in [0.05, 0.1) is 0 Å². The maximum atomic E-state index is 5.33. The third-order valence-electron chi connectivity index (χ3n) is 1.12. The van der Waals surface area contributed by atoms with Crippen molar-refractivity contribution in [3.8, 4) is 0 Å². The summed E-state index contributed by atoms with van der Waals surface area (Å²) in [5, 5.41) is 0. The second-order valence-electron chi connectivity index (χ2n) is 2.17. The molecular weight excluding hydrogens is 112 g/mol. The van der Waals surface area contributed by atoms with Gasteiger partial charge in [-0.3, -0.25) is 0 Å². The summed E-state index contributed by atoms with van der Waals surface area (Å²) in [5.74, 6) is 0. The average Bonchev–Trinajstić information content (AvgIpc) is 1.83. The number of hydrogen-bond acceptors (Lipinski definition) is 2. The molecule has 2 heteroatoms. The topological polar surface area (TPSA) is 52.0 Å². The Hall–Kier alpha value is -0.920. The zero-order valence-electron chi connectivity index (χ0n) is 5.85. The normalized spacial score (nSPS) is 11.4. The predicted octanol–water partition coefficient (Wildman–Crippen LogP) is 1.10. The van der Waals surface area contributed by atoms with Crippen LogP contribution in [0.15, 0.2) is 24.0 Å². The van der Waals surface area contributed by atoms with Gasteiger partial charge in [-0.25, -0.2) is 0 Å². The second kappa shape index (κ2) is 4.01. The Morgan fingerprint density at radius 1 is 1.56 bits per heavy atom. The molecule has 0 aliphatic heterocycles. The largest absolute Gasteiger partial charge is 0.405 e. The molecule has 0 radical (unpaired) electrons. The fourth-order valence-electron chi connectivity index (χ4n) is 0.441. The van der Waals surface area contributed by atoms with Gasteiger partial charge in [0.1, 0.15) is 0 Å². The van der Waals surface area contributed by atoms with Gasteiger partial charge in [0.25, 0.3) is 0 Å². The monoisotopic (exact) mass is 126 g/mol. The van der Waals surface area contributed by atoms with Gasteiger partial charge in [-0.2, -0.15) is 0 Å². The molecular formula is C7H14N2. The SMILES string of the molecule is C=C(N)CC/C(C)=C\N. The first kappa shape index (κ1) is 8.08. The van der Waals surface area contributed by atoms with Crippen LogP contribution in [-0.2, 0) is 0 Å². The molecule has 9 heavy (non-hydrogen) atoms. The molecule has 0 heterocycles. The van der Waals surface area contributed by atoms with Crippen molar-refractivity contribution in [1.29, 1.82) is 0 Å². The molecule has 0 amide bonds. The zero-order chi connectivity index (χ0) is 7.28. The van der Waals surface area contributed by atoms with Crippen molar-refractivity contribution in [2.24, 2.45) is 11.5 Å². The van der Waals surface area contributed by atoms with Gasteiger partial charge in [-0.1, -0.05) is 12.2 Å². The Bertz CT molecular complexity index is 125. The molecule has 0 aliphatic carbocycles. The maximum Gasteiger partial charge on any atom is 0.00107 e. The summed E-state index contributed by atoms with van der Waals surface area (Å²) in [6, 6.07) is 0. The molecule has 0 rings (SSSR count). The van der Waals surface area contributed by atoms with Crippen LogP contribution in [0.25, 0.3) is 0 Å². The van der Waals surface area contributed by atoms with Crippen LogP contribution in [-0.4, -0.2) is 0 Å². The van der Waals surface area contributed by atoms with E-state index in [2.05, 4.69) is 6.58 Å². The molecule has 2 nitrogen and oxygen atoms in total. The number of nitrogens with two attached hydrogens (primary N) is 2. The van der Waals surface area contributed by atoms with Crippen LogP contribution in [0, 0.1) is 0 Å². The van der Waals surface area contributed by atoms with E-state index in [0.717, 1.165) is 24.1 Å². The summed E-state index contributed by atoms with van der Waals surface area (Å²) in [4.78, 5) is 0. The van der Waals surface area contributed by atoms with E-state index in [-0.39, 0.29) is 0 Å². The standard InChI is InChI=1S/C7H14N2/c1-6(5-8)3-4-7(2)9/h5H,2-4,8-9H2,1H3/b6-5-. The highest BCUT2D eigenvalue weighted by atomic mass is 14.6. The Balaban J connectivity index is 3.39. The van der Waals surface area contributed by atoms with E-state index in [4.69, 9.17) is 11.5 Å². The highest BCUT2D eigenvalue weighted by molar-refractivity contribution is 4.99. The van der Waals surface area contributed by atoms with E-state index in [9.17, 15) is 0 Å². The maximum absolute atomic E-state index is 5.33. The molecule has 4 N–H and O–H groups in total. The van der Waals surface area contributed by atoms with Crippen LogP contribution >= 0.6 is 0 Å². The van der Waals surface area contributed by atoms with Crippen molar-refractivity contribution in [3.63, 3.8) is 0 Å². The lowest BCUT2D eigenvalue weighted by Gasteiger charge is -1.97. The zero-order valence-corrected chi connectivity index (χ0v) is 5.85. The van der Waals surface area contributed by atoms with Gasteiger partial charge in [0, 0.05) is 5.70 Å². The molecule has 0 saturated heterocycles. The third-order valence-corrected chi connectivity index (χ3v) is 1.12. The van der Waals surface area contributed by atoms with E-state index in [1.165, 1.54) is 0 Å². The molecule has 0 aromatic heterocycles. The third kappa shape index (κ3) is 4.94. The summed E-state index contributed by atoms with van der Waals surface area (Å²) in [5.41, 5.74) is 12.4. The minimum absolute atomic E-state index is 0.719. The van der Waals surface area contributed by atoms with E-state index in [1.54, 1.807) is 6.20 Å². The van der Waals surface area contributed by atoms with Crippen molar-refractivity contribution >= 4 is 0 Å². The molecule has 0 bridgehead atoms. The van der Waals surface area contributed by atoms with E-state index < -0.39 is 0 Å². The predicted molar refractivity (Wildman–Crippen MR) is 40.5 cm³/mol.